The fourth-order valence-electron chi connectivity index (χ4n) is 1.92. The van der Waals surface area contributed by atoms with Gasteiger partial charge in [-0.25, -0.2) is 8.42 Å². The summed E-state index contributed by atoms with van der Waals surface area (Å²) in [5, 5.41) is 11.7. The number of rotatable bonds is 5. The third kappa shape index (κ3) is 5.75. The normalized spacial score (nSPS) is 11.4. The monoisotopic (exact) mass is 389 g/mol. The molecule has 0 saturated carbocycles. The van der Waals surface area contributed by atoms with Crippen LogP contribution in [0.25, 0.3) is 4.72 Å². The molecule has 1 aromatic heterocycles. The van der Waals surface area contributed by atoms with Crippen LogP contribution < -0.4 is 39.8 Å². The van der Waals surface area contributed by atoms with Gasteiger partial charge in [0.05, 0.1) is 11.9 Å². The zero-order valence-electron chi connectivity index (χ0n) is 15.3. The summed E-state index contributed by atoms with van der Waals surface area (Å²) in [5.41, 5.74) is 0.331. The zero-order chi connectivity index (χ0) is 18.8. The molecule has 2 amide bonds. The molecule has 2 aromatic rings. The van der Waals surface area contributed by atoms with Crippen molar-refractivity contribution in [3.63, 3.8) is 0 Å². The van der Waals surface area contributed by atoms with Crippen molar-refractivity contribution in [3.8, 4) is 0 Å². The van der Waals surface area contributed by atoms with Gasteiger partial charge in [-0.2, -0.15) is 0 Å². The van der Waals surface area contributed by atoms with E-state index in [0.29, 0.717) is 5.69 Å². The van der Waals surface area contributed by atoms with Gasteiger partial charge in [0.25, 0.3) is 0 Å². The molecule has 10 heteroatoms. The summed E-state index contributed by atoms with van der Waals surface area (Å²) in [6, 6.07) is 6.90. The number of aliphatic hydroxyl groups is 1. The number of hydrogen-bond acceptors (Lipinski definition) is 6. The van der Waals surface area contributed by atoms with E-state index in [1.54, 1.807) is 24.3 Å². The molecule has 2 rings (SSSR count). The molecule has 0 radical (unpaired) electrons. The van der Waals surface area contributed by atoms with E-state index in [4.69, 9.17) is 4.42 Å². The Hall–Kier alpha value is -1.52. The molecule has 1 heterocycles. The molecule has 136 valence electrons. The Balaban J connectivity index is 0.00000338. The first-order chi connectivity index (χ1) is 11.5. The predicted molar refractivity (Wildman–Crippen MR) is 94.3 cm³/mol. The number of hydrogen-bond donors (Lipinski definition) is 2. The number of amides is 2. The van der Waals surface area contributed by atoms with Crippen molar-refractivity contribution in [2.75, 3.05) is 24.3 Å². The first-order valence-corrected chi connectivity index (χ1v) is 8.81. The minimum absolute atomic E-state index is 0. The number of urea groups is 1. The summed E-state index contributed by atoms with van der Waals surface area (Å²) in [5.74, 6) is 0. The standard InChI is InChI=1S/C16H21N3O5S.Na/c1-16(2,21)11-9-14(24-10-11)25(22,23)18-15(20)17-12-5-7-13(8-6-12)19(3)4;/h5-10,21H,1-4H3,(H2,17,18,20);/q;+1/p-1. The Morgan fingerprint density at radius 2 is 1.81 bits per heavy atom. The third-order valence-corrected chi connectivity index (χ3v) is 4.50. The Morgan fingerprint density at radius 3 is 2.27 bits per heavy atom. The van der Waals surface area contributed by atoms with Crippen LogP contribution in [0, 0.1) is 0 Å². The zero-order valence-corrected chi connectivity index (χ0v) is 18.2. The van der Waals surface area contributed by atoms with Crippen LogP contribution in [0.2, 0.25) is 0 Å². The van der Waals surface area contributed by atoms with E-state index in [0.717, 1.165) is 18.0 Å². The summed E-state index contributed by atoms with van der Waals surface area (Å²) in [7, 11) is -0.562. The van der Waals surface area contributed by atoms with E-state index < -0.39 is 26.7 Å². The van der Waals surface area contributed by atoms with Gasteiger partial charge in [-0.3, -0.25) is 4.79 Å². The first kappa shape index (κ1) is 22.5. The summed E-state index contributed by atoms with van der Waals surface area (Å²) >= 11 is 0. The maximum atomic E-state index is 12.1. The third-order valence-electron chi connectivity index (χ3n) is 3.37. The molecule has 0 spiro atoms. The fourth-order valence-corrected chi connectivity index (χ4v) is 2.72. The second-order valence-electron chi connectivity index (χ2n) is 6.15. The van der Waals surface area contributed by atoms with E-state index in [2.05, 4.69) is 10.0 Å². The van der Waals surface area contributed by atoms with Crippen LogP contribution in [0.4, 0.5) is 16.2 Å². The van der Waals surface area contributed by atoms with E-state index in [1.165, 1.54) is 13.8 Å². The number of carbonyl (C=O) groups is 1. The number of nitrogens with one attached hydrogen (secondary N) is 1. The summed E-state index contributed by atoms with van der Waals surface area (Å²) < 4.78 is 32.3. The SMILES string of the molecule is CN(C)c1ccc(NC(=O)[N-]S(=O)(=O)c2cc(C(C)(C)O)co2)cc1.[Na+]. The summed E-state index contributed by atoms with van der Waals surface area (Å²) in [4.78, 5) is 13.8. The largest absolute Gasteiger partial charge is 1.00 e. The molecule has 0 fully saturated rings. The minimum atomic E-state index is -4.31. The van der Waals surface area contributed by atoms with Crippen LogP contribution in [-0.2, 0) is 15.6 Å². The van der Waals surface area contributed by atoms with E-state index in [1.807, 2.05) is 19.0 Å². The van der Waals surface area contributed by atoms with Gasteiger partial charge in [-0.1, -0.05) is 12.1 Å². The van der Waals surface area contributed by atoms with Crippen LogP contribution in [0.15, 0.2) is 46.1 Å². The molecule has 0 aliphatic rings. The Labute approximate surface area is 174 Å². The van der Waals surface area contributed by atoms with Crippen molar-refractivity contribution in [1.29, 1.82) is 0 Å². The molecule has 0 bridgehead atoms. The molecule has 0 aliphatic carbocycles. The maximum Gasteiger partial charge on any atom is 1.00 e. The molecule has 26 heavy (non-hydrogen) atoms. The van der Waals surface area contributed by atoms with Gasteiger partial charge in [0.15, 0.2) is 6.03 Å². The van der Waals surface area contributed by atoms with Crippen LogP contribution in [-0.4, -0.2) is 33.7 Å². The van der Waals surface area contributed by atoms with Crippen LogP contribution in [0.3, 0.4) is 0 Å². The summed E-state index contributed by atoms with van der Waals surface area (Å²) in [6.45, 7) is 2.96. The number of benzene rings is 1. The quantitative estimate of drug-likeness (QED) is 0.689. The first-order valence-electron chi connectivity index (χ1n) is 7.37. The van der Waals surface area contributed by atoms with E-state index in [-0.39, 0.29) is 35.1 Å². The number of furan rings is 1. The van der Waals surface area contributed by atoms with Gasteiger partial charge in [0, 0.05) is 31.4 Å². The van der Waals surface area contributed by atoms with Crippen molar-refractivity contribution in [2.45, 2.75) is 24.5 Å². The number of nitrogens with zero attached hydrogens (tertiary/aromatic N) is 2. The smallest absolute Gasteiger partial charge is 0.452 e. The summed E-state index contributed by atoms with van der Waals surface area (Å²) in [6.07, 6.45) is 1.11. The molecule has 0 unspecified atom stereocenters. The number of carbonyl (C=O) groups excluding carboxylic acids is 1. The topological polar surface area (TPSA) is 114 Å². The predicted octanol–water partition coefficient (Wildman–Crippen LogP) is -0.129. The average Bonchev–Trinajstić information content (AvgIpc) is 2.97. The molecule has 0 saturated heterocycles. The van der Waals surface area contributed by atoms with Gasteiger partial charge in [0.2, 0.25) is 15.1 Å². The van der Waals surface area contributed by atoms with Crippen molar-refractivity contribution >= 4 is 27.4 Å². The van der Waals surface area contributed by atoms with E-state index >= 15 is 0 Å². The van der Waals surface area contributed by atoms with Crippen LogP contribution >= 0.6 is 0 Å². The minimum Gasteiger partial charge on any atom is -0.452 e. The molecule has 0 atom stereocenters. The average molecular weight is 389 g/mol. The van der Waals surface area contributed by atoms with Crippen molar-refractivity contribution < 1.29 is 52.3 Å². The molecule has 0 aliphatic heterocycles. The van der Waals surface area contributed by atoms with Crippen LogP contribution in [0.1, 0.15) is 19.4 Å². The number of anilines is 2. The molecule has 8 nitrogen and oxygen atoms in total. The van der Waals surface area contributed by atoms with Crippen molar-refractivity contribution in [3.05, 3.63) is 46.9 Å². The van der Waals surface area contributed by atoms with Gasteiger partial charge in [0.1, 0.15) is 0 Å². The van der Waals surface area contributed by atoms with Crippen molar-refractivity contribution in [2.24, 2.45) is 0 Å². The van der Waals surface area contributed by atoms with Crippen molar-refractivity contribution in [1.82, 2.24) is 0 Å². The van der Waals surface area contributed by atoms with Crippen LogP contribution in [0.5, 0.6) is 0 Å². The maximum absolute atomic E-state index is 12.1. The molecular weight excluding hydrogens is 369 g/mol. The second kappa shape index (κ2) is 8.45. The van der Waals surface area contributed by atoms with E-state index in [9.17, 15) is 18.3 Å². The fraction of sp³-hybridized carbons (Fsp3) is 0.312. The van der Waals surface area contributed by atoms with Gasteiger partial charge in [-0.15, -0.1) is 0 Å². The molecule has 1 aromatic carbocycles. The Bertz CT molecular complexity index is 855. The van der Waals surface area contributed by atoms with Gasteiger partial charge >= 0.3 is 29.6 Å². The Kier molecular flexibility index (Phi) is 7.32. The number of sulfonamides is 1. The van der Waals surface area contributed by atoms with Gasteiger partial charge < -0.3 is 24.5 Å². The van der Waals surface area contributed by atoms with Gasteiger partial charge in [-0.05, 0) is 31.7 Å². The molecule has 2 N–H and O–H groups in total. The molecular formula is C16H20N3NaO5S. The second-order valence-corrected chi connectivity index (χ2v) is 7.69. The Morgan fingerprint density at radius 1 is 1.23 bits per heavy atom.